The highest BCUT2D eigenvalue weighted by atomic mass is 16.5. The monoisotopic (exact) mass is 384 g/mol. The Morgan fingerprint density at radius 2 is 2.18 bits per heavy atom. The number of nitrogens with zero attached hydrogens (tertiary/aromatic N) is 3. The zero-order chi connectivity index (χ0) is 19.9. The second-order valence-corrected chi connectivity index (χ2v) is 8.04. The van der Waals surface area contributed by atoms with E-state index in [2.05, 4.69) is 24.3 Å². The molecule has 0 radical (unpaired) electrons. The Balaban J connectivity index is 1.57. The van der Waals surface area contributed by atoms with Gasteiger partial charge in [-0.2, -0.15) is 5.10 Å². The van der Waals surface area contributed by atoms with Crippen LogP contribution in [0, 0.1) is 5.92 Å². The zero-order valence-electron chi connectivity index (χ0n) is 17.2. The van der Waals surface area contributed by atoms with Crippen molar-refractivity contribution in [3.8, 4) is 5.75 Å². The summed E-state index contributed by atoms with van der Waals surface area (Å²) in [4.78, 5) is 14.4. The van der Waals surface area contributed by atoms with Gasteiger partial charge in [-0.1, -0.05) is 32.0 Å². The largest absolute Gasteiger partial charge is 0.493 e. The number of carbonyl (C=O) groups is 1. The number of nitrogens with one attached hydrogen (secondary N) is 1. The summed E-state index contributed by atoms with van der Waals surface area (Å²) in [6, 6.07) is 9.97. The normalized spacial score (nSPS) is 16.9. The summed E-state index contributed by atoms with van der Waals surface area (Å²) in [5.74, 6) is 1.80. The second-order valence-electron chi connectivity index (χ2n) is 8.04. The van der Waals surface area contributed by atoms with Gasteiger partial charge in [0.1, 0.15) is 12.3 Å². The molecule has 1 amide bonds. The van der Waals surface area contributed by atoms with Gasteiger partial charge in [-0.25, -0.2) is 0 Å². The van der Waals surface area contributed by atoms with E-state index in [1.807, 2.05) is 43.6 Å². The molecule has 0 bridgehead atoms. The molecule has 1 saturated heterocycles. The van der Waals surface area contributed by atoms with Crippen LogP contribution in [0.4, 0.5) is 0 Å². The molecule has 6 heteroatoms. The van der Waals surface area contributed by atoms with E-state index in [-0.39, 0.29) is 12.5 Å². The van der Waals surface area contributed by atoms with Crippen molar-refractivity contribution < 1.29 is 9.53 Å². The summed E-state index contributed by atoms with van der Waals surface area (Å²) >= 11 is 0. The van der Waals surface area contributed by atoms with Crippen LogP contribution in [0.15, 0.2) is 36.5 Å². The summed E-state index contributed by atoms with van der Waals surface area (Å²) in [7, 11) is 1.83. The van der Waals surface area contributed by atoms with Gasteiger partial charge in [0.15, 0.2) is 0 Å². The van der Waals surface area contributed by atoms with Crippen molar-refractivity contribution in [2.75, 3.05) is 26.7 Å². The quantitative estimate of drug-likeness (QED) is 0.760. The van der Waals surface area contributed by atoms with E-state index in [0.29, 0.717) is 25.0 Å². The first-order chi connectivity index (χ1) is 13.5. The minimum atomic E-state index is 0.0371. The molecule has 2 heterocycles. The van der Waals surface area contributed by atoms with Gasteiger partial charge in [-0.3, -0.25) is 9.48 Å². The molecular formula is C22H32N4O2. The number of aromatic nitrogens is 2. The summed E-state index contributed by atoms with van der Waals surface area (Å²) in [5, 5.41) is 8.05. The fourth-order valence-corrected chi connectivity index (χ4v) is 3.42. The van der Waals surface area contributed by atoms with Gasteiger partial charge in [0, 0.05) is 37.8 Å². The van der Waals surface area contributed by atoms with Gasteiger partial charge in [-0.15, -0.1) is 0 Å². The fraction of sp³-hybridized carbons (Fsp3) is 0.545. The van der Waals surface area contributed by atoms with Crippen molar-refractivity contribution in [1.29, 1.82) is 0 Å². The van der Waals surface area contributed by atoms with E-state index in [0.717, 1.165) is 36.5 Å². The Morgan fingerprint density at radius 3 is 2.93 bits per heavy atom. The molecule has 1 aliphatic heterocycles. The number of ether oxygens (including phenoxy) is 1. The van der Waals surface area contributed by atoms with Gasteiger partial charge in [0.05, 0.1) is 12.3 Å². The maximum absolute atomic E-state index is 12.7. The highest BCUT2D eigenvalue weighted by Crippen LogP contribution is 2.22. The van der Waals surface area contributed by atoms with Gasteiger partial charge in [0.25, 0.3) is 0 Å². The Bertz CT molecular complexity index is 765. The average molecular weight is 385 g/mol. The van der Waals surface area contributed by atoms with Crippen molar-refractivity contribution >= 4 is 5.91 Å². The molecule has 0 spiro atoms. The molecule has 1 aliphatic rings. The van der Waals surface area contributed by atoms with Crippen molar-refractivity contribution in [1.82, 2.24) is 20.0 Å². The van der Waals surface area contributed by atoms with Crippen LogP contribution in [0.3, 0.4) is 0 Å². The van der Waals surface area contributed by atoms with E-state index >= 15 is 0 Å². The molecule has 1 fully saturated rings. The summed E-state index contributed by atoms with van der Waals surface area (Å²) in [5.41, 5.74) is 2.10. The highest BCUT2D eigenvalue weighted by Gasteiger charge is 2.19. The lowest BCUT2D eigenvalue weighted by Crippen LogP contribution is -2.30. The SMILES string of the molecule is CC(C)COc1ccccc1CN(C)C(=O)Cn1ccc(C2CCCNC2)n1. The Hall–Kier alpha value is -2.34. The van der Waals surface area contributed by atoms with Gasteiger partial charge in [0.2, 0.25) is 5.91 Å². The van der Waals surface area contributed by atoms with Crippen LogP contribution in [0.5, 0.6) is 5.75 Å². The average Bonchev–Trinajstić information content (AvgIpc) is 3.16. The van der Waals surface area contributed by atoms with E-state index in [4.69, 9.17) is 4.74 Å². The van der Waals surface area contributed by atoms with Crippen LogP contribution < -0.4 is 10.1 Å². The van der Waals surface area contributed by atoms with Crippen molar-refractivity contribution in [2.24, 2.45) is 5.92 Å². The minimum absolute atomic E-state index is 0.0371. The first kappa shape index (κ1) is 20.4. The lowest BCUT2D eigenvalue weighted by molar-refractivity contribution is -0.131. The molecule has 0 aliphatic carbocycles. The fourth-order valence-electron chi connectivity index (χ4n) is 3.42. The molecule has 1 N–H and O–H groups in total. The topological polar surface area (TPSA) is 59.4 Å². The summed E-state index contributed by atoms with van der Waals surface area (Å²) in [6.45, 7) is 7.75. The van der Waals surface area contributed by atoms with Crippen molar-refractivity contribution in [3.63, 3.8) is 0 Å². The van der Waals surface area contributed by atoms with Crippen LogP contribution in [-0.2, 0) is 17.9 Å². The van der Waals surface area contributed by atoms with E-state index < -0.39 is 0 Å². The lowest BCUT2D eigenvalue weighted by Gasteiger charge is -2.21. The van der Waals surface area contributed by atoms with Crippen molar-refractivity contribution in [2.45, 2.75) is 45.7 Å². The predicted octanol–water partition coefficient (Wildman–Crippen LogP) is 3.04. The zero-order valence-corrected chi connectivity index (χ0v) is 17.2. The first-order valence-electron chi connectivity index (χ1n) is 10.2. The predicted molar refractivity (Wildman–Crippen MR) is 110 cm³/mol. The van der Waals surface area contributed by atoms with Crippen LogP contribution in [-0.4, -0.2) is 47.3 Å². The van der Waals surface area contributed by atoms with Crippen LogP contribution >= 0.6 is 0 Å². The third kappa shape index (κ3) is 5.58. The lowest BCUT2D eigenvalue weighted by atomic mass is 9.97. The number of piperidine rings is 1. The smallest absolute Gasteiger partial charge is 0.244 e. The molecule has 1 unspecified atom stereocenters. The number of likely N-dealkylation sites (N-methyl/N-ethyl adjacent to an activating group) is 1. The number of rotatable bonds is 8. The molecule has 6 nitrogen and oxygen atoms in total. The molecule has 152 valence electrons. The van der Waals surface area contributed by atoms with E-state index in [9.17, 15) is 4.79 Å². The molecule has 0 saturated carbocycles. The van der Waals surface area contributed by atoms with Gasteiger partial charge >= 0.3 is 0 Å². The third-order valence-electron chi connectivity index (χ3n) is 5.05. The summed E-state index contributed by atoms with van der Waals surface area (Å²) in [6.07, 6.45) is 4.25. The second kappa shape index (κ2) is 9.73. The maximum atomic E-state index is 12.7. The van der Waals surface area contributed by atoms with E-state index in [1.165, 1.54) is 6.42 Å². The minimum Gasteiger partial charge on any atom is -0.493 e. The Labute approximate surface area is 167 Å². The number of carbonyl (C=O) groups excluding carboxylic acids is 1. The number of para-hydroxylation sites is 1. The highest BCUT2D eigenvalue weighted by molar-refractivity contribution is 5.75. The van der Waals surface area contributed by atoms with E-state index in [1.54, 1.807) is 9.58 Å². The number of amides is 1. The van der Waals surface area contributed by atoms with Crippen LogP contribution in [0.25, 0.3) is 0 Å². The summed E-state index contributed by atoms with van der Waals surface area (Å²) < 4.78 is 7.66. The molecular weight excluding hydrogens is 352 g/mol. The number of hydrogen-bond acceptors (Lipinski definition) is 4. The standard InChI is InChI=1S/C22H32N4O2/c1-17(2)16-28-21-9-5-4-7-19(21)14-25(3)22(27)15-26-12-10-20(24-26)18-8-6-11-23-13-18/h4-5,7,9-10,12,17-18,23H,6,8,11,13-16H2,1-3H3. The number of benzene rings is 1. The van der Waals surface area contributed by atoms with Gasteiger partial charge < -0.3 is 15.0 Å². The molecule has 1 atom stereocenters. The third-order valence-corrected chi connectivity index (χ3v) is 5.05. The molecule has 1 aromatic carbocycles. The number of hydrogen-bond donors (Lipinski definition) is 1. The molecule has 2 aromatic rings. The molecule has 3 rings (SSSR count). The first-order valence-corrected chi connectivity index (χ1v) is 10.2. The van der Waals surface area contributed by atoms with Crippen LogP contribution in [0.1, 0.15) is 43.9 Å². The Kier molecular flexibility index (Phi) is 7.09. The van der Waals surface area contributed by atoms with Crippen LogP contribution in [0.2, 0.25) is 0 Å². The van der Waals surface area contributed by atoms with Crippen molar-refractivity contribution in [3.05, 3.63) is 47.8 Å². The Morgan fingerprint density at radius 1 is 1.36 bits per heavy atom. The molecule has 1 aromatic heterocycles. The maximum Gasteiger partial charge on any atom is 0.244 e. The van der Waals surface area contributed by atoms with Gasteiger partial charge in [-0.05, 0) is 37.4 Å². The molecule has 28 heavy (non-hydrogen) atoms.